The van der Waals surface area contributed by atoms with Crippen molar-refractivity contribution in [1.82, 2.24) is 10.3 Å². The van der Waals surface area contributed by atoms with Gasteiger partial charge in [-0.3, -0.25) is 0 Å². The molecule has 0 spiro atoms. The molecule has 1 heterocycles. The van der Waals surface area contributed by atoms with Crippen molar-refractivity contribution in [2.45, 2.75) is 26.3 Å². The molecule has 2 rings (SSSR count). The maximum Gasteiger partial charge on any atom is 0.129 e. The Morgan fingerprint density at radius 1 is 1.19 bits per heavy atom. The average Bonchev–Trinajstić information content (AvgIpc) is 2.49. The number of aromatic nitrogens is 1. The van der Waals surface area contributed by atoms with Gasteiger partial charge in [0.15, 0.2) is 0 Å². The largest absolute Gasteiger partial charge is 0.307 e. The summed E-state index contributed by atoms with van der Waals surface area (Å²) in [6.45, 7) is 6.21. The second-order valence-corrected chi connectivity index (χ2v) is 5.79. The molecule has 110 valence electrons. The van der Waals surface area contributed by atoms with Crippen molar-refractivity contribution in [2.24, 2.45) is 0 Å². The third-order valence-corrected chi connectivity index (χ3v) is 4.17. The van der Waals surface area contributed by atoms with Gasteiger partial charge in [0.25, 0.3) is 0 Å². The van der Waals surface area contributed by atoms with Gasteiger partial charge in [0.2, 0.25) is 0 Å². The molecule has 1 unspecified atom stereocenters. The van der Waals surface area contributed by atoms with Crippen LogP contribution >= 0.6 is 11.6 Å². The fourth-order valence-electron chi connectivity index (χ4n) is 2.37. The fourth-order valence-corrected chi connectivity index (χ4v) is 2.61. The van der Waals surface area contributed by atoms with Crippen molar-refractivity contribution in [3.8, 4) is 0 Å². The Bertz CT molecular complexity index is 650. The number of nitrogens with one attached hydrogen (secondary N) is 1. The summed E-state index contributed by atoms with van der Waals surface area (Å²) in [5, 5.41) is 3.92. The summed E-state index contributed by atoms with van der Waals surface area (Å²) in [5.74, 6) is 0. The molecular weight excluding hydrogens is 280 g/mol. The molecule has 2 aromatic rings. The molecule has 0 fully saturated rings. The number of likely N-dealkylation sites (N-methyl/N-ethyl adjacent to an activating group) is 1. The molecule has 0 bridgehead atoms. The van der Waals surface area contributed by atoms with Crippen LogP contribution in [0.1, 0.15) is 29.3 Å². The normalized spacial score (nSPS) is 14.3. The van der Waals surface area contributed by atoms with Crippen LogP contribution in [0.5, 0.6) is 0 Å². The van der Waals surface area contributed by atoms with Gasteiger partial charge < -0.3 is 5.32 Å². The summed E-state index contributed by atoms with van der Waals surface area (Å²) in [7, 11) is 1.96. The van der Waals surface area contributed by atoms with E-state index in [4.69, 9.17) is 11.6 Å². The highest BCUT2D eigenvalue weighted by molar-refractivity contribution is 6.29. The lowest BCUT2D eigenvalue weighted by molar-refractivity contribution is 0.502. The molecular formula is C18H21ClN2. The van der Waals surface area contributed by atoms with Gasteiger partial charge >= 0.3 is 0 Å². The second-order valence-electron chi connectivity index (χ2n) is 5.40. The summed E-state index contributed by atoms with van der Waals surface area (Å²) in [5.41, 5.74) is 4.15. The third kappa shape index (κ3) is 3.52. The van der Waals surface area contributed by atoms with E-state index in [1.165, 1.54) is 5.56 Å². The second kappa shape index (κ2) is 6.42. The molecule has 0 aliphatic heterocycles. The van der Waals surface area contributed by atoms with Gasteiger partial charge in [-0.2, -0.15) is 0 Å². The smallest absolute Gasteiger partial charge is 0.129 e. The minimum Gasteiger partial charge on any atom is -0.307 e. The first kappa shape index (κ1) is 15.7. The van der Waals surface area contributed by atoms with E-state index >= 15 is 0 Å². The number of rotatable bonds is 4. The number of benzene rings is 1. The quantitative estimate of drug-likeness (QED) is 0.841. The zero-order valence-corrected chi connectivity index (χ0v) is 13.7. The molecule has 0 amide bonds. The first-order chi connectivity index (χ1) is 9.96. The number of nitrogens with zero attached hydrogens (tertiary/aromatic N) is 1. The van der Waals surface area contributed by atoms with Gasteiger partial charge in [-0.05, 0) is 50.6 Å². The Kier molecular flexibility index (Phi) is 4.81. The molecule has 21 heavy (non-hydrogen) atoms. The van der Waals surface area contributed by atoms with E-state index in [9.17, 15) is 0 Å². The van der Waals surface area contributed by atoms with Crippen LogP contribution in [-0.4, -0.2) is 12.0 Å². The van der Waals surface area contributed by atoms with E-state index in [1.54, 1.807) is 0 Å². The summed E-state index contributed by atoms with van der Waals surface area (Å²) >= 11 is 6.14. The predicted molar refractivity (Wildman–Crippen MR) is 90.6 cm³/mol. The SMILES string of the molecule is CNC(C)(/C=C/c1ccccc1)c1cc(Cl)nc(C)c1C. The van der Waals surface area contributed by atoms with E-state index in [-0.39, 0.29) is 5.54 Å². The van der Waals surface area contributed by atoms with Crippen LogP contribution < -0.4 is 5.32 Å². The maximum absolute atomic E-state index is 6.14. The van der Waals surface area contributed by atoms with E-state index < -0.39 is 0 Å². The van der Waals surface area contributed by atoms with Gasteiger partial charge in [0, 0.05) is 5.69 Å². The Morgan fingerprint density at radius 3 is 2.48 bits per heavy atom. The number of halogens is 1. The first-order valence-corrected chi connectivity index (χ1v) is 7.41. The average molecular weight is 301 g/mol. The van der Waals surface area contributed by atoms with Crippen LogP contribution in [0.4, 0.5) is 0 Å². The standard InChI is InChI=1S/C18H21ClN2/c1-13-14(2)21-17(19)12-16(13)18(3,20-4)11-10-15-8-6-5-7-9-15/h5-12,20H,1-4H3/b11-10+. The van der Waals surface area contributed by atoms with E-state index in [1.807, 2.05) is 38.2 Å². The van der Waals surface area contributed by atoms with Crippen molar-refractivity contribution in [2.75, 3.05) is 7.05 Å². The first-order valence-electron chi connectivity index (χ1n) is 7.03. The van der Waals surface area contributed by atoms with E-state index in [0.29, 0.717) is 5.15 Å². The minimum absolute atomic E-state index is 0.294. The molecule has 1 N–H and O–H groups in total. The molecule has 0 saturated heterocycles. The summed E-state index contributed by atoms with van der Waals surface area (Å²) < 4.78 is 0. The lowest BCUT2D eigenvalue weighted by atomic mass is 9.87. The molecule has 1 aromatic heterocycles. The highest BCUT2D eigenvalue weighted by Crippen LogP contribution is 2.29. The van der Waals surface area contributed by atoms with Crippen LogP contribution in [0, 0.1) is 13.8 Å². The fraction of sp³-hybridized carbons (Fsp3) is 0.278. The van der Waals surface area contributed by atoms with E-state index in [2.05, 4.69) is 48.4 Å². The third-order valence-electron chi connectivity index (χ3n) is 3.97. The number of pyridine rings is 1. The molecule has 0 radical (unpaired) electrons. The van der Waals surface area contributed by atoms with Crippen LogP contribution in [0.15, 0.2) is 42.5 Å². The van der Waals surface area contributed by atoms with Crippen molar-refractivity contribution in [3.05, 3.63) is 70.0 Å². The molecule has 3 heteroatoms. The monoisotopic (exact) mass is 300 g/mol. The molecule has 1 aromatic carbocycles. The topological polar surface area (TPSA) is 24.9 Å². The molecule has 0 saturated carbocycles. The lowest BCUT2D eigenvalue weighted by Crippen LogP contribution is -2.35. The Hall–Kier alpha value is -1.64. The van der Waals surface area contributed by atoms with Gasteiger partial charge in [0.1, 0.15) is 5.15 Å². The van der Waals surface area contributed by atoms with Gasteiger partial charge in [0.05, 0.1) is 5.54 Å². The summed E-state index contributed by atoms with van der Waals surface area (Å²) in [4.78, 5) is 4.31. The van der Waals surface area contributed by atoms with Gasteiger partial charge in [-0.15, -0.1) is 0 Å². The molecule has 0 aliphatic rings. The zero-order valence-electron chi connectivity index (χ0n) is 12.9. The van der Waals surface area contributed by atoms with Crippen LogP contribution in [0.25, 0.3) is 6.08 Å². The molecule has 0 aliphatic carbocycles. The van der Waals surface area contributed by atoms with Crippen molar-refractivity contribution in [1.29, 1.82) is 0 Å². The Labute approximate surface area is 131 Å². The highest BCUT2D eigenvalue weighted by Gasteiger charge is 2.24. The minimum atomic E-state index is -0.294. The summed E-state index contributed by atoms with van der Waals surface area (Å²) in [6, 6.07) is 12.2. The Balaban J connectivity index is 2.44. The van der Waals surface area contributed by atoms with Crippen molar-refractivity contribution < 1.29 is 0 Å². The van der Waals surface area contributed by atoms with Crippen LogP contribution in [0.3, 0.4) is 0 Å². The zero-order chi connectivity index (χ0) is 15.5. The maximum atomic E-state index is 6.14. The molecule has 2 nitrogen and oxygen atoms in total. The summed E-state index contributed by atoms with van der Waals surface area (Å²) in [6.07, 6.45) is 4.29. The lowest BCUT2D eigenvalue weighted by Gasteiger charge is -2.29. The number of aryl methyl sites for hydroxylation is 1. The van der Waals surface area contributed by atoms with Crippen LogP contribution in [0.2, 0.25) is 5.15 Å². The predicted octanol–water partition coefficient (Wildman–Crippen LogP) is 4.50. The van der Waals surface area contributed by atoms with Gasteiger partial charge in [-0.25, -0.2) is 4.98 Å². The number of hydrogen-bond acceptors (Lipinski definition) is 2. The molecule has 1 atom stereocenters. The van der Waals surface area contributed by atoms with Crippen molar-refractivity contribution >= 4 is 17.7 Å². The van der Waals surface area contributed by atoms with E-state index in [0.717, 1.165) is 16.8 Å². The van der Waals surface area contributed by atoms with Gasteiger partial charge in [-0.1, -0.05) is 54.1 Å². The highest BCUT2D eigenvalue weighted by atomic mass is 35.5. The number of hydrogen-bond donors (Lipinski definition) is 1. The van der Waals surface area contributed by atoms with Crippen molar-refractivity contribution in [3.63, 3.8) is 0 Å². The Morgan fingerprint density at radius 2 is 1.86 bits per heavy atom. The van der Waals surface area contributed by atoms with Crippen LogP contribution in [-0.2, 0) is 5.54 Å².